The van der Waals surface area contributed by atoms with Gasteiger partial charge in [0.05, 0.1) is 6.10 Å². The van der Waals surface area contributed by atoms with Crippen LogP contribution in [-0.2, 0) is 0 Å². The number of rotatable bonds is 0. The average molecular weight is 242 g/mol. The summed E-state index contributed by atoms with van der Waals surface area (Å²) in [6.45, 7) is 2.08. The van der Waals surface area contributed by atoms with E-state index in [0.717, 1.165) is 22.1 Å². The van der Waals surface area contributed by atoms with E-state index in [2.05, 4.69) is 28.2 Å². The highest BCUT2D eigenvalue weighted by Crippen LogP contribution is 2.33. The fourth-order valence-corrected chi connectivity index (χ4v) is 2.09. The molecular weight excluding hydrogens is 230 g/mol. The smallest absolute Gasteiger partial charge is 0.0829 e. The maximum Gasteiger partial charge on any atom is 0.0829 e. The van der Waals surface area contributed by atoms with E-state index in [1.807, 2.05) is 18.2 Å². The molecule has 2 atom stereocenters. The SMILES string of the molecule is CC1CC(O)c2ccc(Br)cc2N1. The first-order valence-corrected chi connectivity index (χ1v) is 5.20. The fraction of sp³-hybridized carbons (Fsp3) is 0.400. The van der Waals surface area contributed by atoms with Gasteiger partial charge in [-0.05, 0) is 25.5 Å². The quantitative estimate of drug-likeness (QED) is 0.733. The van der Waals surface area contributed by atoms with E-state index in [1.165, 1.54) is 0 Å². The van der Waals surface area contributed by atoms with E-state index in [4.69, 9.17) is 0 Å². The number of anilines is 1. The van der Waals surface area contributed by atoms with Gasteiger partial charge in [0.1, 0.15) is 0 Å². The Labute approximate surface area is 86.1 Å². The number of benzene rings is 1. The monoisotopic (exact) mass is 241 g/mol. The molecule has 0 bridgehead atoms. The van der Waals surface area contributed by atoms with Gasteiger partial charge in [-0.2, -0.15) is 0 Å². The lowest BCUT2D eigenvalue weighted by atomic mass is 9.96. The lowest BCUT2D eigenvalue weighted by Crippen LogP contribution is -2.25. The number of nitrogens with one attached hydrogen (secondary N) is 1. The van der Waals surface area contributed by atoms with Crippen molar-refractivity contribution in [1.82, 2.24) is 0 Å². The minimum atomic E-state index is -0.320. The van der Waals surface area contributed by atoms with Gasteiger partial charge in [0.2, 0.25) is 0 Å². The summed E-state index contributed by atoms with van der Waals surface area (Å²) in [5.74, 6) is 0. The van der Waals surface area contributed by atoms with Crippen molar-refractivity contribution in [3.05, 3.63) is 28.2 Å². The summed E-state index contributed by atoms with van der Waals surface area (Å²) in [6, 6.07) is 6.27. The van der Waals surface area contributed by atoms with Crippen LogP contribution in [0.25, 0.3) is 0 Å². The molecule has 1 aliphatic heterocycles. The van der Waals surface area contributed by atoms with Crippen molar-refractivity contribution in [2.75, 3.05) is 5.32 Å². The van der Waals surface area contributed by atoms with Crippen LogP contribution in [0.5, 0.6) is 0 Å². The molecule has 1 heterocycles. The van der Waals surface area contributed by atoms with Crippen LogP contribution in [0, 0.1) is 0 Å². The molecule has 2 N–H and O–H groups in total. The Morgan fingerprint density at radius 1 is 1.54 bits per heavy atom. The molecule has 0 saturated heterocycles. The van der Waals surface area contributed by atoms with Gasteiger partial charge in [-0.25, -0.2) is 0 Å². The molecule has 1 aromatic carbocycles. The highest BCUT2D eigenvalue weighted by Gasteiger charge is 2.21. The van der Waals surface area contributed by atoms with E-state index >= 15 is 0 Å². The largest absolute Gasteiger partial charge is 0.388 e. The molecule has 2 unspecified atom stereocenters. The van der Waals surface area contributed by atoms with Crippen LogP contribution in [0.1, 0.15) is 25.0 Å². The van der Waals surface area contributed by atoms with Gasteiger partial charge in [-0.15, -0.1) is 0 Å². The molecule has 1 aliphatic rings. The predicted octanol–water partition coefficient (Wildman–Crippen LogP) is 2.69. The van der Waals surface area contributed by atoms with Crippen molar-refractivity contribution >= 4 is 21.6 Å². The third-order valence-corrected chi connectivity index (χ3v) is 2.85. The number of aliphatic hydroxyl groups excluding tert-OH is 1. The fourth-order valence-electron chi connectivity index (χ4n) is 1.73. The Hall–Kier alpha value is -0.540. The van der Waals surface area contributed by atoms with E-state index in [9.17, 15) is 5.11 Å². The first-order chi connectivity index (χ1) is 6.16. The second kappa shape index (κ2) is 3.31. The Morgan fingerprint density at radius 2 is 2.31 bits per heavy atom. The van der Waals surface area contributed by atoms with E-state index in [0.29, 0.717) is 6.04 Å². The van der Waals surface area contributed by atoms with Crippen LogP contribution >= 0.6 is 15.9 Å². The normalized spacial score (nSPS) is 26.4. The first kappa shape index (κ1) is 9.03. The van der Waals surface area contributed by atoms with Gasteiger partial charge < -0.3 is 10.4 Å². The molecule has 13 heavy (non-hydrogen) atoms. The molecule has 0 radical (unpaired) electrons. The summed E-state index contributed by atoms with van der Waals surface area (Å²) in [5.41, 5.74) is 2.04. The molecule has 2 nitrogen and oxygen atoms in total. The van der Waals surface area contributed by atoms with Crippen molar-refractivity contribution in [3.8, 4) is 0 Å². The van der Waals surface area contributed by atoms with Crippen LogP contribution in [0.3, 0.4) is 0 Å². The Bertz CT molecular complexity index is 327. The van der Waals surface area contributed by atoms with Crippen molar-refractivity contribution in [2.45, 2.75) is 25.5 Å². The highest BCUT2D eigenvalue weighted by molar-refractivity contribution is 9.10. The number of hydrogen-bond acceptors (Lipinski definition) is 2. The van der Waals surface area contributed by atoms with Gasteiger partial charge in [0.15, 0.2) is 0 Å². The molecule has 0 spiro atoms. The summed E-state index contributed by atoms with van der Waals surface area (Å²) < 4.78 is 1.04. The van der Waals surface area contributed by atoms with Gasteiger partial charge in [0, 0.05) is 21.8 Å². The zero-order chi connectivity index (χ0) is 9.42. The molecule has 0 saturated carbocycles. The second-order valence-electron chi connectivity index (χ2n) is 3.53. The van der Waals surface area contributed by atoms with Crippen molar-refractivity contribution < 1.29 is 5.11 Å². The average Bonchev–Trinajstić information content (AvgIpc) is 2.02. The summed E-state index contributed by atoms with van der Waals surface area (Å²) in [6.07, 6.45) is 0.466. The summed E-state index contributed by atoms with van der Waals surface area (Å²) >= 11 is 3.41. The van der Waals surface area contributed by atoms with Gasteiger partial charge in [-0.1, -0.05) is 22.0 Å². The minimum absolute atomic E-state index is 0.320. The second-order valence-corrected chi connectivity index (χ2v) is 4.44. The van der Waals surface area contributed by atoms with Crippen LogP contribution in [-0.4, -0.2) is 11.1 Å². The zero-order valence-corrected chi connectivity index (χ0v) is 9.01. The molecule has 3 heteroatoms. The Kier molecular flexibility index (Phi) is 2.30. The molecule has 1 aromatic rings. The number of aliphatic hydroxyl groups is 1. The van der Waals surface area contributed by atoms with Crippen molar-refractivity contribution in [1.29, 1.82) is 0 Å². The van der Waals surface area contributed by atoms with E-state index in [1.54, 1.807) is 0 Å². The number of fused-ring (bicyclic) bond motifs is 1. The lowest BCUT2D eigenvalue weighted by molar-refractivity contribution is 0.158. The van der Waals surface area contributed by atoms with E-state index < -0.39 is 0 Å². The van der Waals surface area contributed by atoms with Gasteiger partial charge in [-0.3, -0.25) is 0 Å². The molecular formula is C10H12BrNO. The van der Waals surface area contributed by atoms with Crippen LogP contribution in [0.15, 0.2) is 22.7 Å². The van der Waals surface area contributed by atoms with Crippen LogP contribution in [0.4, 0.5) is 5.69 Å². The maximum atomic E-state index is 9.77. The summed E-state index contributed by atoms with van der Waals surface area (Å²) in [4.78, 5) is 0. The number of hydrogen-bond donors (Lipinski definition) is 2. The maximum absolute atomic E-state index is 9.77. The molecule has 70 valence electrons. The van der Waals surface area contributed by atoms with Crippen molar-refractivity contribution in [3.63, 3.8) is 0 Å². The third kappa shape index (κ3) is 1.71. The van der Waals surface area contributed by atoms with Crippen LogP contribution in [0.2, 0.25) is 0 Å². The summed E-state index contributed by atoms with van der Waals surface area (Å²) in [5, 5.41) is 13.1. The molecule has 0 aromatic heterocycles. The molecule has 0 fully saturated rings. The van der Waals surface area contributed by atoms with Gasteiger partial charge in [0.25, 0.3) is 0 Å². The molecule has 0 aliphatic carbocycles. The molecule has 0 amide bonds. The number of halogens is 1. The zero-order valence-electron chi connectivity index (χ0n) is 7.42. The van der Waals surface area contributed by atoms with E-state index in [-0.39, 0.29) is 6.10 Å². The topological polar surface area (TPSA) is 32.3 Å². The Balaban J connectivity index is 2.43. The summed E-state index contributed by atoms with van der Waals surface area (Å²) in [7, 11) is 0. The Morgan fingerprint density at radius 3 is 3.08 bits per heavy atom. The lowest BCUT2D eigenvalue weighted by Gasteiger charge is -2.28. The first-order valence-electron chi connectivity index (χ1n) is 4.41. The van der Waals surface area contributed by atoms with Gasteiger partial charge >= 0.3 is 0 Å². The highest BCUT2D eigenvalue weighted by atomic mass is 79.9. The third-order valence-electron chi connectivity index (χ3n) is 2.35. The predicted molar refractivity (Wildman–Crippen MR) is 56.8 cm³/mol. The van der Waals surface area contributed by atoms with Crippen molar-refractivity contribution in [2.24, 2.45) is 0 Å². The standard InChI is InChI=1S/C10H12BrNO/c1-6-4-10(13)8-3-2-7(11)5-9(8)12-6/h2-3,5-6,10,12-13H,4H2,1H3. The molecule has 2 rings (SSSR count). The van der Waals surface area contributed by atoms with Crippen LogP contribution < -0.4 is 5.32 Å². The minimum Gasteiger partial charge on any atom is -0.388 e.